The molecule has 1 heterocycles. The molecule has 0 bridgehead atoms. The number of alkyl halides is 6. The van der Waals surface area contributed by atoms with Gasteiger partial charge in [0.25, 0.3) is 0 Å². The van der Waals surface area contributed by atoms with Gasteiger partial charge in [0.05, 0.1) is 22.4 Å². The summed E-state index contributed by atoms with van der Waals surface area (Å²) in [7, 11) is -4.15. The molecule has 0 saturated heterocycles. The van der Waals surface area contributed by atoms with E-state index in [9.17, 15) is 34.8 Å². The molecule has 0 amide bonds. The van der Waals surface area contributed by atoms with Gasteiger partial charge in [-0.1, -0.05) is 17.3 Å². The molecular formula is C17H11F6N3O3S. The number of sulfonamides is 1. The molecule has 0 unspecified atom stereocenters. The average molecular weight is 451 g/mol. The number of halogens is 6. The van der Waals surface area contributed by atoms with Gasteiger partial charge in [-0.05, 0) is 35.9 Å². The lowest BCUT2D eigenvalue weighted by Gasteiger charge is -2.13. The van der Waals surface area contributed by atoms with Crippen LogP contribution < -0.4 is 5.14 Å². The monoisotopic (exact) mass is 451 g/mol. The summed E-state index contributed by atoms with van der Waals surface area (Å²) >= 11 is 0. The van der Waals surface area contributed by atoms with Crippen molar-refractivity contribution in [2.24, 2.45) is 5.14 Å². The average Bonchev–Trinajstić information content (AvgIpc) is 3.07. The number of benzene rings is 2. The Morgan fingerprint density at radius 2 is 1.50 bits per heavy atom. The number of hydrogen-bond acceptors (Lipinski definition) is 5. The van der Waals surface area contributed by atoms with Gasteiger partial charge in [0.1, 0.15) is 0 Å². The Hall–Kier alpha value is -2.93. The molecule has 0 spiro atoms. The van der Waals surface area contributed by atoms with Crippen LogP contribution in [0.15, 0.2) is 51.9 Å². The molecule has 0 aliphatic carbocycles. The Kier molecular flexibility index (Phi) is 5.37. The summed E-state index contributed by atoms with van der Waals surface area (Å²) in [5.74, 6) is -0.556. The molecular weight excluding hydrogens is 440 g/mol. The highest BCUT2D eigenvalue weighted by atomic mass is 32.2. The summed E-state index contributed by atoms with van der Waals surface area (Å²) in [5.41, 5.74) is -3.36. The Morgan fingerprint density at radius 1 is 0.933 bits per heavy atom. The van der Waals surface area contributed by atoms with E-state index in [4.69, 9.17) is 9.66 Å². The molecule has 0 aliphatic heterocycles. The lowest BCUT2D eigenvalue weighted by atomic mass is 10.0. The minimum atomic E-state index is -5.00. The summed E-state index contributed by atoms with van der Waals surface area (Å²) in [4.78, 5) is 3.55. The van der Waals surface area contributed by atoms with Crippen LogP contribution in [-0.4, -0.2) is 18.6 Å². The maximum absolute atomic E-state index is 13.0. The van der Waals surface area contributed by atoms with Crippen molar-refractivity contribution >= 4 is 10.0 Å². The Balaban J connectivity index is 2.00. The van der Waals surface area contributed by atoms with E-state index in [1.54, 1.807) is 0 Å². The molecule has 3 aromatic rings. The van der Waals surface area contributed by atoms with Crippen LogP contribution >= 0.6 is 0 Å². The van der Waals surface area contributed by atoms with E-state index >= 15 is 0 Å². The van der Waals surface area contributed by atoms with Crippen LogP contribution in [0.4, 0.5) is 26.3 Å². The van der Waals surface area contributed by atoms with Gasteiger partial charge in [0.15, 0.2) is 0 Å². The van der Waals surface area contributed by atoms with E-state index in [0.717, 1.165) is 0 Å². The van der Waals surface area contributed by atoms with Gasteiger partial charge in [-0.2, -0.15) is 31.3 Å². The second-order valence-electron chi connectivity index (χ2n) is 6.14. The zero-order valence-corrected chi connectivity index (χ0v) is 15.4. The fraction of sp³-hybridized carbons (Fsp3) is 0.176. The van der Waals surface area contributed by atoms with Gasteiger partial charge in [0.2, 0.25) is 21.7 Å². The molecule has 2 aromatic carbocycles. The van der Waals surface area contributed by atoms with Crippen molar-refractivity contribution in [2.45, 2.75) is 23.7 Å². The minimum Gasteiger partial charge on any atom is -0.339 e. The molecule has 1 aromatic heterocycles. The van der Waals surface area contributed by atoms with Crippen molar-refractivity contribution in [3.05, 3.63) is 65.0 Å². The van der Waals surface area contributed by atoms with Crippen molar-refractivity contribution in [1.29, 1.82) is 0 Å². The van der Waals surface area contributed by atoms with Crippen molar-refractivity contribution in [3.8, 4) is 11.4 Å². The molecule has 30 heavy (non-hydrogen) atoms. The SMILES string of the molecule is NS(=O)(=O)c1ccccc1-c1noc(Cc2cc(C(F)(F)F)cc(C(F)(F)F)c2)n1. The minimum absolute atomic E-state index is 0.00506. The second-order valence-corrected chi connectivity index (χ2v) is 7.67. The second kappa shape index (κ2) is 7.40. The van der Waals surface area contributed by atoms with Crippen molar-refractivity contribution in [3.63, 3.8) is 0 Å². The normalized spacial score (nSPS) is 12.9. The molecule has 2 N–H and O–H groups in total. The zero-order chi connectivity index (χ0) is 22.3. The molecule has 0 saturated carbocycles. The first-order valence-electron chi connectivity index (χ1n) is 7.98. The third-order valence-electron chi connectivity index (χ3n) is 3.91. The van der Waals surface area contributed by atoms with Crippen molar-refractivity contribution < 1.29 is 39.3 Å². The molecule has 160 valence electrons. The summed E-state index contributed by atoms with van der Waals surface area (Å²) < 4.78 is 106. The molecule has 0 radical (unpaired) electrons. The predicted molar refractivity (Wildman–Crippen MR) is 90.4 cm³/mol. The molecule has 3 rings (SSSR count). The molecule has 0 aliphatic rings. The summed E-state index contributed by atoms with van der Waals surface area (Å²) in [5, 5.41) is 8.66. The van der Waals surface area contributed by atoms with Crippen LogP contribution in [0.3, 0.4) is 0 Å². The summed E-state index contributed by atoms with van der Waals surface area (Å²) in [6, 6.07) is 6.44. The number of aromatic nitrogens is 2. The molecule has 6 nitrogen and oxygen atoms in total. The number of nitrogens with two attached hydrogens (primary N) is 1. The van der Waals surface area contributed by atoms with E-state index in [-0.39, 0.29) is 33.8 Å². The van der Waals surface area contributed by atoms with Crippen LogP contribution in [-0.2, 0) is 28.8 Å². The van der Waals surface area contributed by atoms with E-state index < -0.39 is 39.9 Å². The fourth-order valence-electron chi connectivity index (χ4n) is 2.63. The van der Waals surface area contributed by atoms with Crippen molar-refractivity contribution in [2.75, 3.05) is 0 Å². The lowest BCUT2D eigenvalue weighted by molar-refractivity contribution is -0.143. The van der Waals surface area contributed by atoms with Gasteiger partial charge in [0, 0.05) is 5.56 Å². The summed E-state index contributed by atoms with van der Waals surface area (Å²) in [6.45, 7) is 0. The van der Waals surface area contributed by atoms with Crippen LogP contribution in [0.1, 0.15) is 22.6 Å². The van der Waals surface area contributed by atoms with E-state index in [1.807, 2.05) is 0 Å². The highest BCUT2D eigenvalue weighted by molar-refractivity contribution is 7.89. The zero-order valence-electron chi connectivity index (χ0n) is 14.6. The van der Waals surface area contributed by atoms with Gasteiger partial charge in [-0.15, -0.1) is 0 Å². The van der Waals surface area contributed by atoms with Crippen LogP contribution in [0.25, 0.3) is 11.4 Å². The first-order chi connectivity index (χ1) is 13.7. The number of nitrogens with zero attached hydrogens (tertiary/aromatic N) is 2. The number of rotatable bonds is 4. The molecule has 13 heteroatoms. The topological polar surface area (TPSA) is 99.1 Å². The third kappa shape index (κ3) is 4.79. The number of hydrogen-bond donors (Lipinski definition) is 1. The van der Waals surface area contributed by atoms with E-state index in [2.05, 4.69) is 10.1 Å². The largest absolute Gasteiger partial charge is 0.416 e. The highest BCUT2D eigenvalue weighted by Crippen LogP contribution is 2.36. The fourth-order valence-corrected chi connectivity index (χ4v) is 3.37. The van der Waals surface area contributed by atoms with Crippen molar-refractivity contribution in [1.82, 2.24) is 10.1 Å². The predicted octanol–water partition coefficient (Wildman–Crippen LogP) is 4.01. The van der Waals surface area contributed by atoms with Gasteiger partial charge in [-0.25, -0.2) is 13.6 Å². The Morgan fingerprint density at radius 3 is 2.03 bits per heavy atom. The quantitative estimate of drug-likeness (QED) is 0.605. The van der Waals surface area contributed by atoms with Gasteiger partial charge >= 0.3 is 12.4 Å². The van der Waals surface area contributed by atoms with E-state index in [1.165, 1.54) is 24.3 Å². The van der Waals surface area contributed by atoms with Crippen LogP contribution in [0.2, 0.25) is 0 Å². The summed E-state index contributed by atoms with van der Waals surface area (Å²) in [6.07, 6.45) is -10.5. The highest BCUT2D eigenvalue weighted by Gasteiger charge is 2.37. The first kappa shape index (κ1) is 21.8. The first-order valence-corrected chi connectivity index (χ1v) is 9.53. The maximum Gasteiger partial charge on any atom is 0.416 e. The smallest absolute Gasteiger partial charge is 0.339 e. The lowest BCUT2D eigenvalue weighted by Crippen LogP contribution is -2.13. The number of primary sulfonamides is 1. The van der Waals surface area contributed by atoms with Crippen LogP contribution in [0.5, 0.6) is 0 Å². The molecule has 0 atom stereocenters. The Labute approximate surface area is 165 Å². The van der Waals surface area contributed by atoms with Gasteiger partial charge in [-0.3, -0.25) is 0 Å². The standard InChI is InChI=1S/C17H11F6N3O3S/c18-16(19,20)10-5-9(6-11(8-10)17(21,22)23)7-14-25-15(26-29-14)12-3-1-2-4-13(12)30(24,27)28/h1-6,8H,7H2,(H2,24,27,28). The Bertz CT molecular complexity index is 1150. The van der Waals surface area contributed by atoms with E-state index in [0.29, 0.717) is 12.1 Å². The molecule has 0 fully saturated rings. The van der Waals surface area contributed by atoms with Crippen LogP contribution in [0, 0.1) is 0 Å². The van der Waals surface area contributed by atoms with Gasteiger partial charge < -0.3 is 4.52 Å². The third-order valence-corrected chi connectivity index (χ3v) is 4.87. The maximum atomic E-state index is 13.0.